The van der Waals surface area contributed by atoms with E-state index in [1.54, 1.807) is 0 Å². The van der Waals surface area contributed by atoms with Crippen molar-refractivity contribution in [2.75, 3.05) is 13.1 Å². The monoisotopic (exact) mass is 337 g/mol. The zero-order valence-corrected chi connectivity index (χ0v) is 11.8. The number of nitrogens with one attached hydrogen (secondary N) is 2. The van der Waals surface area contributed by atoms with Gasteiger partial charge in [-0.05, 0) is 31.5 Å². The molecule has 1 aliphatic rings. The van der Waals surface area contributed by atoms with Crippen LogP contribution in [0.4, 0.5) is 26.3 Å². The van der Waals surface area contributed by atoms with Crippen LogP contribution in [0.1, 0.15) is 35.7 Å². The third-order valence-electron chi connectivity index (χ3n) is 3.92. The molecule has 1 aromatic carbocycles. The first-order valence-corrected chi connectivity index (χ1v) is 7.05. The Morgan fingerprint density at radius 2 is 1.78 bits per heavy atom. The molecule has 1 atom stereocenters. The summed E-state index contributed by atoms with van der Waals surface area (Å²) in [5.74, 6) is 0.156. The minimum absolute atomic E-state index is 0.117. The standard InChI is InChI=1S/C14H13F6N3/c15-13(16,17)8-4-9(14(18,19)20)11-10(5-8)22-12(23-11)7-2-1-3-21-6-7/h4-5,7,21H,1-3,6H2,(H,22,23)/t7-/m1/s1. The number of hydrogen-bond acceptors (Lipinski definition) is 2. The highest BCUT2D eigenvalue weighted by Crippen LogP contribution is 2.39. The number of piperidine rings is 1. The molecule has 2 aromatic rings. The maximum absolute atomic E-state index is 13.1. The third-order valence-corrected chi connectivity index (χ3v) is 3.92. The molecule has 1 aliphatic heterocycles. The summed E-state index contributed by atoms with van der Waals surface area (Å²) < 4.78 is 77.8. The fourth-order valence-corrected chi connectivity index (χ4v) is 2.79. The Labute approximate surface area is 127 Å². The molecule has 126 valence electrons. The van der Waals surface area contributed by atoms with Crippen molar-refractivity contribution < 1.29 is 26.3 Å². The molecule has 3 nitrogen and oxygen atoms in total. The largest absolute Gasteiger partial charge is 0.418 e. The van der Waals surface area contributed by atoms with E-state index in [-0.39, 0.29) is 23.3 Å². The molecule has 23 heavy (non-hydrogen) atoms. The van der Waals surface area contributed by atoms with Crippen LogP contribution in [-0.2, 0) is 12.4 Å². The normalized spacial score (nSPS) is 20.2. The van der Waals surface area contributed by atoms with Crippen LogP contribution in [0.15, 0.2) is 12.1 Å². The number of imidazole rings is 1. The second-order valence-corrected chi connectivity index (χ2v) is 5.58. The molecular formula is C14H13F6N3. The van der Waals surface area contributed by atoms with Crippen molar-refractivity contribution in [3.8, 4) is 0 Å². The molecule has 0 radical (unpaired) electrons. The third kappa shape index (κ3) is 3.15. The molecule has 0 amide bonds. The van der Waals surface area contributed by atoms with Gasteiger partial charge in [-0.15, -0.1) is 0 Å². The minimum atomic E-state index is -4.91. The molecule has 0 bridgehead atoms. The van der Waals surface area contributed by atoms with E-state index in [4.69, 9.17) is 0 Å². The van der Waals surface area contributed by atoms with Crippen LogP contribution in [-0.4, -0.2) is 23.1 Å². The molecule has 0 unspecified atom stereocenters. The van der Waals surface area contributed by atoms with Crippen molar-refractivity contribution >= 4 is 11.0 Å². The number of benzene rings is 1. The Morgan fingerprint density at radius 3 is 2.35 bits per heavy atom. The fraction of sp³-hybridized carbons (Fsp3) is 0.500. The first-order valence-electron chi connectivity index (χ1n) is 7.05. The Kier molecular flexibility index (Phi) is 3.78. The van der Waals surface area contributed by atoms with Gasteiger partial charge in [0.25, 0.3) is 0 Å². The van der Waals surface area contributed by atoms with E-state index in [9.17, 15) is 26.3 Å². The van der Waals surface area contributed by atoms with Gasteiger partial charge in [0.15, 0.2) is 0 Å². The average Bonchev–Trinajstić information content (AvgIpc) is 2.89. The number of halogens is 6. The number of alkyl halides is 6. The minimum Gasteiger partial charge on any atom is -0.342 e. The summed E-state index contributed by atoms with van der Waals surface area (Å²) in [5, 5.41) is 3.10. The second-order valence-electron chi connectivity index (χ2n) is 5.58. The van der Waals surface area contributed by atoms with Crippen molar-refractivity contribution in [1.82, 2.24) is 15.3 Å². The van der Waals surface area contributed by atoms with E-state index in [1.165, 1.54) is 0 Å². The lowest BCUT2D eigenvalue weighted by molar-refractivity contribution is -0.142. The zero-order valence-electron chi connectivity index (χ0n) is 11.8. The van der Waals surface area contributed by atoms with E-state index < -0.39 is 29.0 Å². The Balaban J connectivity index is 2.15. The van der Waals surface area contributed by atoms with Gasteiger partial charge >= 0.3 is 12.4 Å². The Bertz CT molecular complexity index is 710. The van der Waals surface area contributed by atoms with E-state index >= 15 is 0 Å². The summed E-state index contributed by atoms with van der Waals surface area (Å²) in [6, 6.07) is 0.795. The van der Waals surface area contributed by atoms with Crippen LogP contribution >= 0.6 is 0 Å². The summed E-state index contributed by atoms with van der Waals surface area (Å²) >= 11 is 0. The average molecular weight is 337 g/mol. The van der Waals surface area contributed by atoms with Crippen LogP contribution in [0, 0.1) is 0 Å². The number of hydrogen-bond donors (Lipinski definition) is 2. The van der Waals surface area contributed by atoms with Gasteiger partial charge in [0.2, 0.25) is 0 Å². The summed E-state index contributed by atoms with van der Waals surface area (Å²) in [5.41, 5.74) is -3.42. The lowest BCUT2D eigenvalue weighted by atomic mass is 9.99. The van der Waals surface area contributed by atoms with Crippen molar-refractivity contribution in [2.24, 2.45) is 0 Å². The van der Waals surface area contributed by atoms with E-state index in [0.29, 0.717) is 12.6 Å². The fourth-order valence-electron chi connectivity index (χ4n) is 2.79. The maximum Gasteiger partial charge on any atom is 0.418 e. The van der Waals surface area contributed by atoms with Gasteiger partial charge in [-0.2, -0.15) is 26.3 Å². The number of aromatic nitrogens is 2. The predicted octanol–water partition coefficient (Wildman–Crippen LogP) is 4.07. The highest BCUT2D eigenvalue weighted by Gasteiger charge is 2.39. The van der Waals surface area contributed by atoms with E-state index in [2.05, 4.69) is 15.3 Å². The summed E-state index contributed by atoms with van der Waals surface area (Å²) in [4.78, 5) is 6.58. The SMILES string of the molecule is FC(F)(F)c1cc(C(F)(F)F)c2nc([C@@H]3CCCNC3)[nH]c2c1. The van der Waals surface area contributed by atoms with Gasteiger partial charge in [0, 0.05) is 12.5 Å². The molecule has 0 aliphatic carbocycles. The van der Waals surface area contributed by atoms with Gasteiger partial charge < -0.3 is 10.3 Å². The maximum atomic E-state index is 13.1. The van der Waals surface area contributed by atoms with Gasteiger partial charge in [-0.1, -0.05) is 0 Å². The lowest BCUT2D eigenvalue weighted by Gasteiger charge is -2.20. The second kappa shape index (κ2) is 5.40. The number of rotatable bonds is 1. The van der Waals surface area contributed by atoms with Gasteiger partial charge in [-0.25, -0.2) is 4.98 Å². The molecule has 2 heterocycles. The van der Waals surface area contributed by atoms with E-state index in [1.807, 2.05) is 0 Å². The molecule has 0 spiro atoms. The van der Waals surface area contributed by atoms with Gasteiger partial charge in [0.1, 0.15) is 11.3 Å². The highest BCUT2D eigenvalue weighted by atomic mass is 19.4. The first kappa shape index (κ1) is 16.1. The number of H-pyrrole nitrogens is 1. The molecule has 1 fully saturated rings. The van der Waals surface area contributed by atoms with Crippen LogP contribution in [0.5, 0.6) is 0 Å². The predicted molar refractivity (Wildman–Crippen MR) is 70.9 cm³/mol. The number of fused-ring (bicyclic) bond motifs is 1. The Hall–Kier alpha value is -1.77. The van der Waals surface area contributed by atoms with Crippen LogP contribution in [0.25, 0.3) is 11.0 Å². The number of nitrogens with zero attached hydrogens (tertiary/aromatic N) is 1. The summed E-state index contributed by atoms with van der Waals surface area (Å²) in [6.45, 7) is 1.34. The highest BCUT2D eigenvalue weighted by molar-refractivity contribution is 5.80. The molecule has 2 N–H and O–H groups in total. The molecule has 0 saturated carbocycles. The van der Waals surface area contributed by atoms with Gasteiger partial charge in [0.05, 0.1) is 16.6 Å². The quantitative estimate of drug-likeness (QED) is 0.770. The van der Waals surface area contributed by atoms with E-state index in [0.717, 1.165) is 19.4 Å². The van der Waals surface area contributed by atoms with Crippen LogP contribution < -0.4 is 5.32 Å². The molecule has 1 saturated heterocycles. The van der Waals surface area contributed by atoms with Crippen molar-refractivity contribution in [1.29, 1.82) is 0 Å². The van der Waals surface area contributed by atoms with Crippen molar-refractivity contribution in [3.63, 3.8) is 0 Å². The smallest absolute Gasteiger partial charge is 0.342 e. The Morgan fingerprint density at radius 1 is 1.04 bits per heavy atom. The molecule has 3 rings (SSSR count). The van der Waals surface area contributed by atoms with Crippen LogP contribution in [0.3, 0.4) is 0 Å². The van der Waals surface area contributed by atoms with Crippen LogP contribution in [0.2, 0.25) is 0 Å². The summed E-state index contributed by atoms with van der Waals surface area (Å²) in [7, 11) is 0. The first-order chi connectivity index (χ1) is 10.7. The van der Waals surface area contributed by atoms with Gasteiger partial charge in [-0.3, -0.25) is 0 Å². The topological polar surface area (TPSA) is 40.7 Å². The van der Waals surface area contributed by atoms with Crippen molar-refractivity contribution in [2.45, 2.75) is 31.1 Å². The molecular weight excluding hydrogens is 324 g/mol. The molecule has 1 aromatic heterocycles. The summed E-state index contributed by atoms with van der Waals surface area (Å²) in [6.07, 6.45) is -8.20. The molecule has 9 heteroatoms. The van der Waals surface area contributed by atoms with Crippen molar-refractivity contribution in [3.05, 3.63) is 29.1 Å². The number of aromatic amines is 1. The zero-order chi connectivity index (χ0) is 16.8. The lowest BCUT2D eigenvalue weighted by Crippen LogP contribution is -2.28.